The van der Waals surface area contributed by atoms with E-state index in [0.717, 1.165) is 38.6 Å². The summed E-state index contributed by atoms with van der Waals surface area (Å²) in [6, 6.07) is 0.623. The van der Waals surface area contributed by atoms with Crippen LogP contribution in [0.2, 0.25) is 0 Å². The van der Waals surface area contributed by atoms with Gasteiger partial charge >= 0.3 is 6.09 Å². The number of hydrogen-bond donors (Lipinski definition) is 2. The average molecular weight is 396 g/mol. The largest absolute Gasteiger partial charge is 0.444 e. The van der Waals surface area contributed by atoms with E-state index in [1.165, 1.54) is 0 Å². The van der Waals surface area contributed by atoms with Crippen molar-refractivity contribution in [3.05, 3.63) is 0 Å². The molecular weight excluding hydrogens is 358 g/mol. The summed E-state index contributed by atoms with van der Waals surface area (Å²) in [5.41, 5.74) is -0.478. The monoisotopic (exact) mass is 395 g/mol. The maximum atomic E-state index is 12.6. The van der Waals surface area contributed by atoms with Gasteiger partial charge in [-0.1, -0.05) is 6.92 Å². The standard InChI is InChI=1S/C20H37N5O3/c1-7-10-21-18(22-13-17(26)24(5)6)23-14-11-15-8-9-16(12-14)25(15)19(27)28-20(2,3)4/h14-16H,7-13H2,1-6H3,(H2,21,22,23). The number of guanidine groups is 1. The van der Waals surface area contributed by atoms with Gasteiger partial charge in [0, 0.05) is 38.8 Å². The van der Waals surface area contributed by atoms with Crippen molar-refractivity contribution >= 4 is 18.0 Å². The molecule has 2 heterocycles. The Bertz CT molecular complexity index is 571. The number of nitrogens with zero attached hydrogens (tertiary/aromatic N) is 3. The van der Waals surface area contributed by atoms with Gasteiger partial charge in [-0.3, -0.25) is 4.79 Å². The van der Waals surface area contributed by atoms with Crippen molar-refractivity contribution in [2.45, 2.75) is 83.5 Å². The molecule has 28 heavy (non-hydrogen) atoms. The number of carbonyl (C=O) groups excluding carboxylic acids is 2. The van der Waals surface area contributed by atoms with Crippen molar-refractivity contribution in [2.75, 3.05) is 27.2 Å². The number of likely N-dealkylation sites (N-methyl/N-ethyl adjacent to an activating group) is 1. The number of aliphatic imine (C=N–C) groups is 1. The van der Waals surface area contributed by atoms with Crippen molar-refractivity contribution in [1.82, 2.24) is 20.4 Å². The van der Waals surface area contributed by atoms with Crippen LogP contribution < -0.4 is 10.6 Å². The predicted octanol–water partition coefficient (Wildman–Crippen LogP) is 1.95. The van der Waals surface area contributed by atoms with Gasteiger partial charge in [-0.05, 0) is 52.9 Å². The van der Waals surface area contributed by atoms with E-state index in [2.05, 4.69) is 22.5 Å². The first-order valence-electron chi connectivity index (χ1n) is 10.4. The molecule has 2 rings (SSSR count). The van der Waals surface area contributed by atoms with Gasteiger partial charge < -0.3 is 25.2 Å². The minimum absolute atomic E-state index is 0.0302. The second kappa shape index (κ2) is 9.47. The van der Waals surface area contributed by atoms with Gasteiger partial charge in [-0.25, -0.2) is 9.79 Å². The van der Waals surface area contributed by atoms with E-state index in [0.29, 0.717) is 5.96 Å². The highest BCUT2D eigenvalue weighted by molar-refractivity contribution is 5.85. The van der Waals surface area contributed by atoms with Crippen molar-refractivity contribution in [2.24, 2.45) is 4.99 Å². The van der Waals surface area contributed by atoms with Gasteiger partial charge in [0.05, 0.1) is 0 Å². The number of rotatable bonds is 5. The average Bonchev–Trinajstić information content (AvgIpc) is 2.86. The zero-order valence-corrected chi connectivity index (χ0v) is 18.2. The molecule has 8 heteroatoms. The van der Waals surface area contributed by atoms with Crippen LogP contribution in [0.4, 0.5) is 4.79 Å². The van der Waals surface area contributed by atoms with E-state index in [4.69, 9.17) is 4.74 Å². The number of fused-ring (bicyclic) bond motifs is 2. The maximum Gasteiger partial charge on any atom is 0.410 e. The van der Waals surface area contributed by atoms with Gasteiger partial charge in [0.1, 0.15) is 12.1 Å². The molecule has 8 nitrogen and oxygen atoms in total. The quantitative estimate of drug-likeness (QED) is 0.549. The Morgan fingerprint density at radius 2 is 1.79 bits per heavy atom. The molecule has 0 aromatic rings. The Labute approximate surface area is 169 Å². The van der Waals surface area contributed by atoms with Crippen LogP contribution in [0.5, 0.6) is 0 Å². The number of nitrogens with one attached hydrogen (secondary N) is 2. The molecule has 2 bridgehead atoms. The summed E-state index contributed by atoms with van der Waals surface area (Å²) in [4.78, 5) is 32.4. The summed E-state index contributed by atoms with van der Waals surface area (Å²) in [7, 11) is 3.46. The Balaban J connectivity index is 1.98. The fourth-order valence-corrected chi connectivity index (χ4v) is 3.79. The first kappa shape index (κ1) is 22.3. The maximum absolute atomic E-state index is 12.6. The smallest absolute Gasteiger partial charge is 0.410 e. The highest BCUT2D eigenvalue weighted by Crippen LogP contribution is 2.36. The summed E-state index contributed by atoms with van der Waals surface area (Å²) in [5, 5.41) is 6.77. The first-order chi connectivity index (χ1) is 13.1. The summed E-state index contributed by atoms with van der Waals surface area (Å²) >= 11 is 0. The molecule has 0 aromatic carbocycles. The van der Waals surface area contributed by atoms with Gasteiger partial charge in [-0.2, -0.15) is 0 Å². The molecule has 2 aliphatic rings. The van der Waals surface area contributed by atoms with E-state index < -0.39 is 5.60 Å². The van der Waals surface area contributed by atoms with Gasteiger partial charge in [0.15, 0.2) is 5.96 Å². The molecule has 0 radical (unpaired) electrons. The van der Waals surface area contributed by atoms with Crippen LogP contribution in [0.3, 0.4) is 0 Å². The highest BCUT2D eigenvalue weighted by atomic mass is 16.6. The van der Waals surface area contributed by atoms with Gasteiger partial charge in [0.2, 0.25) is 5.91 Å². The predicted molar refractivity (Wildman–Crippen MR) is 110 cm³/mol. The third kappa shape index (κ3) is 6.27. The highest BCUT2D eigenvalue weighted by Gasteiger charge is 2.45. The number of amides is 2. The molecule has 0 aliphatic carbocycles. The molecule has 160 valence electrons. The van der Waals surface area contributed by atoms with E-state index in [1.807, 2.05) is 25.7 Å². The Hall–Kier alpha value is -1.99. The Morgan fingerprint density at radius 3 is 2.29 bits per heavy atom. The molecule has 0 spiro atoms. The van der Waals surface area contributed by atoms with E-state index in [-0.39, 0.29) is 36.7 Å². The lowest BCUT2D eigenvalue weighted by Gasteiger charge is -2.40. The zero-order chi connectivity index (χ0) is 20.9. The number of ether oxygens (including phenoxy) is 1. The van der Waals surface area contributed by atoms with E-state index in [9.17, 15) is 9.59 Å². The zero-order valence-electron chi connectivity index (χ0n) is 18.2. The second-order valence-corrected chi connectivity index (χ2v) is 8.97. The number of hydrogen-bond acceptors (Lipinski definition) is 4. The third-order valence-corrected chi connectivity index (χ3v) is 5.09. The van der Waals surface area contributed by atoms with Crippen molar-refractivity contribution in [3.8, 4) is 0 Å². The van der Waals surface area contributed by atoms with Crippen LogP contribution in [0.15, 0.2) is 4.99 Å². The molecule has 2 fully saturated rings. The van der Waals surface area contributed by atoms with Gasteiger partial charge in [-0.15, -0.1) is 0 Å². The normalized spacial score (nSPS) is 24.7. The lowest BCUT2D eigenvalue weighted by Crippen LogP contribution is -2.55. The lowest BCUT2D eigenvalue weighted by molar-refractivity contribution is -0.127. The topological polar surface area (TPSA) is 86.3 Å². The fourth-order valence-electron chi connectivity index (χ4n) is 3.79. The van der Waals surface area contributed by atoms with Crippen LogP contribution >= 0.6 is 0 Å². The SMILES string of the molecule is CCCNC(=NCC(=O)N(C)C)NC1CC2CCC(C1)N2C(=O)OC(C)(C)C. The molecule has 2 N–H and O–H groups in total. The summed E-state index contributed by atoms with van der Waals surface area (Å²) in [6.45, 7) is 8.71. The van der Waals surface area contributed by atoms with Crippen molar-refractivity contribution in [3.63, 3.8) is 0 Å². The fraction of sp³-hybridized carbons (Fsp3) is 0.850. The summed E-state index contributed by atoms with van der Waals surface area (Å²) < 4.78 is 5.60. The molecule has 2 unspecified atom stereocenters. The Morgan fingerprint density at radius 1 is 1.18 bits per heavy atom. The molecule has 2 aliphatic heterocycles. The summed E-state index contributed by atoms with van der Waals surface area (Å²) in [5.74, 6) is 0.643. The van der Waals surface area contributed by atoms with Gasteiger partial charge in [0.25, 0.3) is 0 Å². The van der Waals surface area contributed by atoms with Crippen molar-refractivity contribution < 1.29 is 14.3 Å². The lowest BCUT2D eigenvalue weighted by atomic mass is 9.98. The van der Waals surface area contributed by atoms with Crippen LogP contribution in [0, 0.1) is 0 Å². The number of piperidine rings is 1. The van der Waals surface area contributed by atoms with Crippen molar-refractivity contribution in [1.29, 1.82) is 0 Å². The van der Waals surface area contributed by atoms with Crippen LogP contribution in [0.1, 0.15) is 59.8 Å². The molecule has 2 atom stereocenters. The van der Waals surface area contributed by atoms with E-state index >= 15 is 0 Å². The minimum atomic E-state index is -0.478. The summed E-state index contributed by atoms with van der Waals surface area (Å²) in [6.07, 6.45) is 4.53. The van der Waals surface area contributed by atoms with Crippen LogP contribution in [-0.2, 0) is 9.53 Å². The van der Waals surface area contributed by atoms with E-state index in [1.54, 1.807) is 19.0 Å². The third-order valence-electron chi connectivity index (χ3n) is 5.09. The van der Waals surface area contributed by atoms with Crippen LogP contribution in [-0.4, -0.2) is 78.7 Å². The first-order valence-corrected chi connectivity index (χ1v) is 10.4. The second-order valence-electron chi connectivity index (χ2n) is 8.97. The molecule has 2 amide bonds. The number of carbonyl (C=O) groups is 2. The molecule has 0 saturated carbocycles. The molecular formula is C20H37N5O3. The molecule has 0 aromatic heterocycles. The Kier molecular flexibility index (Phi) is 7.55. The molecule has 2 saturated heterocycles. The van der Waals surface area contributed by atoms with Crippen LogP contribution in [0.25, 0.3) is 0 Å². The minimum Gasteiger partial charge on any atom is -0.444 e.